The molecule has 0 radical (unpaired) electrons. The summed E-state index contributed by atoms with van der Waals surface area (Å²) in [6, 6.07) is 6.62. The minimum atomic E-state index is -0.223. The fourth-order valence-corrected chi connectivity index (χ4v) is 0.847. The molecule has 0 saturated heterocycles. The number of anilines is 1. The third kappa shape index (κ3) is 2.09. The van der Waals surface area contributed by atoms with Crippen molar-refractivity contribution >= 4 is 5.69 Å². The van der Waals surface area contributed by atoms with E-state index in [1.807, 2.05) is 19.9 Å². The molecule has 0 amide bonds. The molecule has 0 aliphatic rings. The van der Waals surface area contributed by atoms with Crippen LogP contribution in [0.2, 0.25) is 0 Å². The smallest absolute Gasteiger partial charge is 0.146 e. The van der Waals surface area contributed by atoms with Gasteiger partial charge in [-0.1, -0.05) is 18.2 Å². The monoisotopic (exact) mass is 165 g/mol. The second-order valence-corrected chi connectivity index (χ2v) is 2.58. The molecule has 1 aromatic rings. The third-order valence-electron chi connectivity index (χ3n) is 1.64. The van der Waals surface area contributed by atoms with Crippen molar-refractivity contribution in [2.24, 2.45) is 0 Å². The van der Waals surface area contributed by atoms with E-state index >= 15 is 0 Å². The highest BCUT2D eigenvalue weighted by molar-refractivity contribution is 5.48. The Balaban J connectivity index is 2.82. The molecule has 64 valence electrons. The first-order valence-electron chi connectivity index (χ1n) is 3.88. The van der Waals surface area contributed by atoms with E-state index in [0.717, 1.165) is 5.70 Å². The number of hydrogen-bond acceptors (Lipinski definition) is 1. The Labute approximate surface area is 71.9 Å². The van der Waals surface area contributed by atoms with E-state index < -0.39 is 0 Å². The van der Waals surface area contributed by atoms with Gasteiger partial charge in [0.05, 0.1) is 5.69 Å². The molecule has 1 nitrogen and oxygen atoms in total. The highest BCUT2D eigenvalue weighted by Crippen LogP contribution is 2.14. The molecule has 0 atom stereocenters. The maximum absolute atomic E-state index is 13.0. The average molecular weight is 165 g/mol. The van der Waals surface area contributed by atoms with Crippen LogP contribution in [0.25, 0.3) is 0 Å². The maximum Gasteiger partial charge on any atom is 0.146 e. The molecule has 0 aromatic heterocycles. The molecule has 0 aliphatic heterocycles. The zero-order valence-electron chi connectivity index (χ0n) is 7.26. The predicted octanol–water partition coefficient (Wildman–Crippen LogP) is 3.16. The van der Waals surface area contributed by atoms with E-state index in [0.29, 0.717) is 5.69 Å². The standard InChI is InChI=1S/C10H12FN/c1-3-8(2)12-10-7-5-4-6-9(10)11/h3-7,12H,1-2H3/b8-3+. The summed E-state index contributed by atoms with van der Waals surface area (Å²) in [6.45, 7) is 3.80. The van der Waals surface area contributed by atoms with Gasteiger partial charge in [-0.15, -0.1) is 0 Å². The molecule has 0 bridgehead atoms. The largest absolute Gasteiger partial charge is 0.357 e. The first-order chi connectivity index (χ1) is 5.74. The van der Waals surface area contributed by atoms with Gasteiger partial charge in [-0.2, -0.15) is 0 Å². The molecule has 0 fully saturated rings. The Morgan fingerprint density at radius 3 is 2.67 bits per heavy atom. The molecular weight excluding hydrogens is 153 g/mol. The van der Waals surface area contributed by atoms with Gasteiger partial charge in [0.2, 0.25) is 0 Å². The van der Waals surface area contributed by atoms with Crippen molar-refractivity contribution < 1.29 is 4.39 Å². The molecule has 2 heteroatoms. The lowest BCUT2D eigenvalue weighted by molar-refractivity contribution is 0.631. The van der Waals surface area contributed by atoms with Crippen molar-refractivity contribution in [3.8, 4) is 0 Å². The summed E-state index contributed by atoms with van der Waals surface area (Å²) < 4.78 is 13.0. The van der Waals surface area contributed by atoms with Gasteiger partial charge in [0.25, 0.3) is 0 Å². The summed E-state index contributed by atoms with van der Waals surface area (Å²) in [4.78, 5) is 0. The Bertz CT molecular complexity index is 292. The van der Waals surface area contributed by atoms with E-state index in [1.54, 1.807) is 18.2 Å². The van der Waals surface area contributed by atoms with E-state index in [2.05, 4.69) is 5.32 Å². The van der Waals surface area contributed by atoms with E-state index in [9.17, 15) is 4.39 Å². The molecule has 0 saturated carbocycles. The Kier molecular flexibility index (Phi) is 2.86. The summed E-state index contributed by atoms with van der Waals surface area (Å²) in [5, 5.41) is 2.95. The van der Waals surface area contributed by atoms with E-state index in [-0.39, 0.29) is 5.82 Å². The zero-order valence-corrected chi connectivity index (χ0v) is 7.26. The van der Waals surface area contributed by atoms with Crippen LogP contribution in [0.15, 0.2) is 36.0 Å². The van der Waals surface area contributed by atoms with E-state index in [1.165, 1.54) is 6.07 Å². The fourth-order valence-electron chi connectivity index (χ4n) is 0.847. The van der Waals surface area contributed by atoms with Crippen LogP contribution in [0.3, 0.4) is 0 Å². The lowest BCUT2D eigenvalue weighted by Crippen LogP contribution is -1.96. The number of hydrogen-bond donors (Lipinski definition) is 1. The molecule has 1 N–H and O–H groups in total. The highest BCUT2D eigenvalue weighted by atomic mass is 19.1. The molecular formula is C10H12FN. The van der Waals surface area contributed by atoms with Crippen LogP contribution in [0.4, 0.5) is 10.1 Å². The van der Waals surface area contributed by atoms with Crippen LogP contribution in [-0.4, -0.2) is 0 Å². The van der Waals surface area contributed by atoms with Crippen LogP contribution in [-0.2, 0) is 0 Å². The molecule has 12 heavy (non-hydrogen) atoms. The number of halogens is 1. The van der Waals surface area contributed by atoms with Gasteiger partial charge in [-0.25, -0.2) is 4.39 Å². The second kappa shape index (κ2) is 3.90. The molecule has 1 aromatic carbocycles. The van der Waals surface area contributed by atoms with Crippen molar-refractivity contribution in [2.75, 3.05) is 5.32 Å². The number of nitrogens with one attached hydrogen (secondary N) is 1. The van der Waals surface area contributed by atoms with Crippen molar-refractivity contribution in [1.29, 1.82) is 0 Å². The molecule has 0 unspecified atom stereocenters. The normalized spacial score (nSPS) is 11.4. The first kappa shape index (κ1) is 8.78. The zero-order chi connectivity index (χ0) is 8.97. The van der Waals surface area contributed by atoms with Gasteiger partial charge in [0.15, 0.2) is 0 Å². The van der Waals surface area contributed by atoms with Crippen LogP contribution < -0.4 is 5.32 Å². The first-order valence-corrected chi connectivity index (χ1v) is 3.88. The SMILES string of the molecule is C/C=C(\C)Nc1ccccc1F. The van der Waals surface area contributed by atoms with Gasteiger partial charge in [-0.05, 0) is 26.0 Å². The average Bonchev–Trinajstić information content (AvgIpc) is 2.09. The van der Waals surface area contributed by atoms with Crippen molar-refractivity contribution in [3.05, 3.63) is 41.9 Å². The van der Waals surface area contributed by atoms with Crippen molar-refractivity contribution in [3.63, 3.8) is 0 Å². The molecule has 0 spiro atoms. The fraction of sp³-hybridized carbons (Fsp3) is 0.200. The lowest BCUT2D eigenvalue weighted by atomic mass is 10.3. The Hall–Kier alpha value is -1.31. The number of para-hydroxylation sites is 1. The van der Waals surface area contributed by atoms with Crippen molar-refractivity contribution in [2.45, 2.75) is 13.8 Å². The van der Waals surface area contributed by atoms with E-state index in [4.69, 9.17) is 0 Å². The van der Waals surface area contributed by atoms with Crippen LogP contribution in [0, 0.1) is 5.82 Å². The summed E-state index contributed by atoms with van der Waals surface area (Å²) >= 11 is 0. The van der Waals surface area contributed by atoms with Gasteiger partial charge in [-0.3, -0.25) is 0 Å². The van der Waals surface area contributed by atoms with Crippen LogP contribution in [0.5, 0.6) is 0 Å². The topological polar surface area (TPSA) is 12.0 Å². The molecule has 0 aliphatic carbocycles. The number of benzene rings is 1. The lowest BCUT2D eigenvalue weighted by Gasteiger charge is -2.05. The van der Waals surface area contributed by atoms with Gasteiger partial charge >= 0.3 is 0 Å². The summed E-state index contributed by atoms with van der Waals surface area (Å²) in [6.07, 6.45) is 1.90. The van der Waals surface area contributed by atoms with Gasteiger partial charge < -0.3 is 5.32 Å². The van der Waals surface area contributed by atoms with Gasteiger partial charge in [0, 0.05) is 5.70 Å². The predicted molar refractivity (Wildman–Crippen MR) is 49.5 cm³/mol. The minimum Gasteiger partial charge on any atom is -0.357 e. The van der Waals surface area contributed by atoms with Crippen LogP contribution >= 0.6 is 0 Å². The summed E-state index contributed by atoms with van der Waals surface area (Å²) in [5.41, 5.74) is 1.47. The number of allylic oxidation sites excluding steroid dienone is 2. The summed E-state index contributed by atoms with van der Waals surface area (Å²) in [7, 11) is 0. The quantitative estimate of drug-likeness (QED) is 0.709. The summed E-state index contributed by atoms with van der Waals surface area (Å²) in [5.74, 6) is -0.223. The maximum atomic E-state index is 13.0. The second-order valence-electron chi connectivity index (χ2n) is 2.58. The Morgan fingerprint density at radius 2 is 2.08 bits per heavy atom. The minimum absolute atomic E-state index is 0.223. The highest BCUT2D eigenvalue weighted by Gasteiger charge is 1.97. The Morgan fingerprint density at radius 1 is 1.42 bits per heavy atom. The van der Waals surface area contributed by atoms with Crippen LogP contribution in [0.1, 0.15) is 13.8 Å². The molecule has 1 rings (SSSR count). The third-order valence-corrected chi connectivity index (χ3v) is 1.64. The van der Waals surface area contributed by atoms with Crippen molar-refractivity contribution in [1.82, 2.24) is 0 Å². The van der Waals surface area contributed by atoms with Gasteiger partial charge in [0.1, 0.15) is 5.82 Å². The molecule has 0 heterocycles. The number of rotatable bonds is 2.